The van der Waals surface area contributed by atoms with Crippen molar-refractivity contribution in [2.45, 2.75) is 25.7 Å². The number of benzene rings is 2. The number of amides is 1. The van der Waals surface area contributed by atoms with E-state index >= 15 is 0 Å². The van der Waals surface area contributed by atoms with Crippen molar-refractivity contribution < 1.29 is 18.0 Å². The highest BCUT2D eigenvalue weighted by molar-refractivity contribution is 8.18. The molecule has 35 heavy (non-hydrogen) atoms. The Bertz CT molecular complexity index is 1210. The maximum atomic E-state index is 13.4. The molecule has 1 amide bonds. The minimum absolute atomic E-state index is 0.0107. The Labute approximate surface area is 210 Å². The fraction of sp³-hybridized carbons (Fsp3) is 0.292. The van der Waals surface area contributed by atoms with Gasteiger partial charge >= 0.3 is 6.18 Å². The Morgan fingerprint density at radius 3 is 2.83 bits per heavy atom. The molecule has 184 valence electrons. The van der Waals surface area contributed by atoms with E-state index in [-0.39, 0.29) is 29.1 Å². The van der Waals surface area contributed by atoms with Crippen molar-refractivity contribution in [3.05, 3.63) is 68.6 Å². The molecular weight excluding hydrogens is 499 g/mol. The molecule has 1 atom stereocenters. The topological polar surface area (TPSA) is 80.6 Å². The zero-order valence-corrected chi connectivity index (χ0v) is 20.3. The van der Waals surface area contributed by atoms with Gasteiger partial charge in [0, 0.05) is 54.7 Å². The molecule has 1 saturated heterocycles. The highest BCUT2D eigenvalue weighted by Gasteiger charge is 2.33. The number of carbonyl (C=O) groups excluding carboxylic acids is 1. The SMILES string of the molecule is C[C@@H]1CNCCN1C1=NC(=O)/C(=C/c2ccc(NCc3ccc(Cl)cc3C(F)(F)F)c(C=N)c2)S1. The minimum atomic E-state index is -4.53. The molecule has 2 aliphatic rings. The quantitative estimate of drug-likeness (QED) is 0.371. The number of aliphatic imine (C=N–C) groups is 1. The van der Waals surface area contributed by atoms with E-state index in [1.807, 2.05) is 0 Å². The van der Waals surface area contributed by atoms with Gasteiger partial charge in [-0.2, -0.15) is 18.2 Å². The van der Waals surface area contributed by atoms with Crippen molar-refractivity contribution in [2.24, 2.45) is 4.99 Å². The molecule has 2 heterocycles. The van der Waals surface area contributed by atoms with Crippen LogP contribution in [-0.2, 0) is 17.5 Å². The van der Waals surface area contributed by atoms with E-state index in [0.29, 0.717) is 26.9 Å². The van der Waals surface area contributed by atoms with E-state index < -0.39 is 11.7 Å². The highest BCUT2D eigenvalue weighted by atomic mass is 35.5. The molecule has 6 nitrogen and oxygen atoms in total. The van der Waals surface area contributed by atoms with Crippen molar-refractivity contribution in [2.75, 3.05) is 25.0 Å². The maximum Gasteiger partial charge on any atom is 0.416 e. The lowest BCUT2D eigenvalue weighted by Gasteiger charge is -2.34. The molecule has 0 radical (unpaired) electrons. The molecule has 4 rings (SSSR count). The second kappa shape index (κ2) is 10.4. The molecule has 2 aliphatic heterocycles. The summed E-state index contributed by atoms with van der Waals surface area (Å²) in [5.74, 6) is -0.309. The molecular formula is C24H23ClF3N5OS. The van der Waals surface area contributed by atoms with Crippen LogP contribution >= 0.6 is 23.4 Å². The van der Waals surface area contributed by atoms with Gasteiger partial charge in [0.05, 0.1) is 10.5 Å². The van der Waals surface area contributed by atoms with Gasteiger partial charge < -0.3 is 20.9 Å². The summed E-state index contributed by atoms with van der Waals surface area (Å²) >= 11 is 7.07. The van der Waals surface area contributed by atoms with Crippen LogP contribution in [0.15, 0.2) is 46.3 Å². The summed E-state index contributed by atoms with van der Waals surface area (Å²) in [6.45, 7) is 4.40. The van der Waals surface area contributed by atoms with Gasteiger partial charge in [-0.25, -0.2) is 0 Å². The molecule has 11 heteroatoms. The fourth-order valence-electron chi connectivity index (χ4n) is 3.91. The number of carbonyl (C=O) groups is 1. The molecule has 0 aliphatic carbocycles. The van der Waals surface area contributed by atoms with Crippen molar-refractivity contribution in [1.29, 1.82) is 5.41 Å². The lowest BCUT2D eigenvalue weighted by molar-refractivity contribution is -0.138. The van der Waals surface area contributed by atoms with E-state index in [4.69, 9.17) is 17.0 Å². The van der Waals surface area contributed by atoms with E-state index in [2.05, 4.69) is 27.4 Å². The Hall–Kier alpha value is -2.82. The number of hydrogen-bond donors (Lipinski definition) is 3. The van der Waals surface area contributed by atoms with Crippen LogP contribution in [0.4, 0.5) is 18.9 Å². The predicted molar refractivity (Wildman–Crippen MR) is 135 cm³/mol. The number of thioether (sulfide) groups is 1. The number of rotatable bonds is 5. The first-order chi connectivity index (χ1) is 16.7. The van der Waals surface area contributed by atoms with Crippen molar-refractivity contribution in [1.82, 2.24) is 10.2 Å². The number of anilines is 1. The summed E-state index contributed by atoms with van der Waals surface area (Å²) in [5, 5.41) is 14.7. The van der Waals surface area contributed by atoms with Crippen LogP contribution in [-0.4, -0.2) is 47.9 Å². The van der Waals surface area contributed by atoms with Gasteiger partial charge in [0.25, 0.3) is 5.91 Å². The number of amidine groups is 1. The van der Waals surface area contributed by atoms with Crippen molar-refractivity contribution in [3.8, 4) is 0 Å². The van der Waals surface area contributed by atoms with Crippen LogP contribution in [0.2, 0.25) is 5.02 Å². The third kappa shape index (κ3) is 5.88. The zero-order valence-electron chi connectivity index (χ0n) is 18.7. The van der Waals surface area contributed by atoms with Crippen LogP contribution in [0.3, 0.4) is 0 Å². The number of alkyl halides is 3. The van der Waals surface area contributed by atoms with Crippen molar-refractivity contribution >= 4 is 52.4 Å². The molecule has 2 aromatic carbocycles. The zero-order chi connectivity index (χ0) is 25.2. The number of hydrogen-bond acceptors (Lipinski definition) is 6. The molecule has 1 fully saturated rings. The van der Waals surface area contributed by atoms with Crippen LogP contribution in [0.1, 0.15) is 29.2 Å². The number of piperazine rings is 1. The van der Waals surface area contributed by atoms with E-state index in [1.54, 1.807) is 24.3 Å². The van der Waals surface area contributed by atoms with Gasteiger partial charge in [0.15, 0.2) is 5.17 Å². The summed E-state index contributed by atoms with van der Waals surface area (Å²) in [6.07, 6.45) is -1.70. The van der Waals surface area contributed by atoms with Gasteiger partial charge in [0.1, 0.15) is 0 Å². The smallest absolute Gasteiger partial charge is 0.380 e. The Morgan fingerprint density at radius 1 is 1.31 bits per heavy atom. The monoisotopic (exact) mass is 521 g/mol. The average molecular weight is 522 g/mol. The lowest BCUT2D eigenvalue weighted by atomic mass is 10.1. The molecule has 0 spiro atoms. The lowest BCUT2D eigenvalue weighted by Crippen LogP contribution is -2.51. The first kappa shape index (κ1) is 25.3. The Morgan fingerprint density at radius 2 is 2.11 bits per heavy atom. The highest BCUT2D eigenvalue weighted by Crippen LogP contribution is 2.35. The molecule has 0 aromatic heterocycles. The van der Waals surface area contributed by atoms with E-state index in [9.17, 15) is 18.0 Å². The average Bonchev–Trinajstić information content (AvgIpc) is 3.18. The van der Waals surface area contributed by atoms with Gasteiger partial charge in [-0.1, -0.05) is 23.7 Å². The Balaban J connectivity index is 1.49. The standard InChI is InChI=1S/C24H23ClF3N5OS/c1-14-12-30-6-7-33(14)23-32-22(34)21(35-23)9-15-2-5-20(17(8-15)11-29)31-13-16-3-4-18(25)10-19(16)24(26,27)28/h2-5,8-11,14,29-31H,6-7,12-13H2,1H3/b21-9-,29-11?/t14-/m1/s1. The van der Waals surface area contributed by atoms with Crippen LogP contribution in [0, 0.1) is 5.41 Å². The summed E-state index contributed by atoms with van der Waals surface area (Å²) in [6, 6.07) is 9.01. The molecule has 0 saturated carbocycles. The van der Waals surface area contributed by atoms with Gasteiger partial charge in [-0.3, -0.25) is 4.79 Å². The summed E-state index contributed by atoms with van der Waals surface area (Å²) in [4.78, 5) is 19.3. The van der Waals surface area contributed by atoms with Gasteiger partial charge in [-0.15, -0.1) is 0 Å². The van der Waals surface area contributed by atoms with Gasteiger partial charge in [0.2, 0.25) is 0 Å². The van der Waals surface area contributed by atoms with E-state index in [1.165, 1.54) is 23.9 Å². The third-order valence-electron chi connectivity index (χ3n) is 5.73. The largest absolute Gasteiger partial charge is 0.416 e. The molecule has 0 unspecified atom stereocenters. The maximum absolute atomic E-state index is 13.4. The fourth-order valence-corrected chi connectivity index (χ4v) is 5.12. The first-order valence-corrected chi connectivity index (χ1v) is 12.1. The number of nitrogens with one attached hydrogen (secondary N) is 3. The Kier molecular flexibility index (Phi) is 7.53. The van der Waals surface area contributed by atoms with Gasteiger partial charge in [-0.05, 0) is 60.2 Å². The van der Waals surface area contributed by atoms with E-state index in [0.717, 1.165) is 31.9 Å². The normalized spacial score (nSPS) is 19.7. The second-order valence-corrected chi connectivity index (χ2v) is 9.65. The van der Waals surface area contributed by atoms with Crippen LogP contribution in [0.25, 0.3) is 6.08 Å². The summed E-state index contributed by atoms with van der Waals surface area (Å²) in [7, 11) is 0. The summed E-state index contributed by atoms with van der Waals surface area (Å²) < 4.78 is 40.1. The molecule has 3 N–H and O–H groups in total. The van der Waals surface area contributed by atoms with Crippen molar-refractivity contribution in [3.63, 3.8) is 0 Å². The molecule has 2 aromatic rings. The summed E-state index contributed by atoms with van der Waals surface area (Å²) in [5.41, 5.74) is 0.916. The number of nitrogens with zero attached hydrogens (tertiary/aromatic N) is 2. The predicted octanol–water partition coefficient (Wildman–Crippen LogP) is 5.23. The van der Waals surface area contributed by atoms with Crippen LogP contribution in [0.5, 0.6) is 0 Å². The van der Waals surface area contributed by atoms with Crippen LogP contribution < -0.4 is 10.6 Å². The number of halogens is 4. The minimum Gasteiger partial charge on any atom is -0.380 e. The first-order valence-electron chi connectivity index (χ1n) is 10.9. The third-order valence-corrected chi connectivity index (χ3v) is 6.99. The second-order valence-electron chi connectivity index (χ2n) is 8.20. The molecule has 0 bridgehead atoms.